The van der Waals surface area contributed by atoms with Crippen molar-refractivity contribution in [3.05, 3.63) is 107 Å². The summed E-state index contributed by atoms with van der Waals surface area (Å²) in [6.07, 6.45) is 6.28. The van der Waals surface area contributed by atoms with Gasteiger partial charge in [0.25, 0.3) is 0 Å². The SMILES string of the molecule is CN(C)S(=O)(=O)CC(=O)/C=C/c1ccc(/C(=C(\c2ccccc2)C2CCC2)c2ccc3n[nH]c(F)c3c2)cc1. The van der Waals surface area contributed by atoms with Crippen molar-refractivity contribution < 1.29 is 17.6 Å². The predicted molar refractivity (Wildman–Crippen MR) is 154 cm³/mol. The first-order valence-corrected chi connectivity index (χ1v) is 14.5. The molecular weight excluding hydrogens is 513 g/mol. The Morgan fingerprint density at radius 3 is 2.33 bits per heavy atom. The van der Waals surface area contributed by atoms with Gasteiger partial charge in [0.15, 0.2) is 5.78 Å². The molecule has 3 aromatic carbocycles. The maximum absolute atomic E-state index is 14.5. The van der Waals surface area contributed by atoms with Gasteiger partial charge in [0.05, 0.1) is 10.9 Å². The minimum absolute atomic E-state index is 0.392. The summed E-state index contributed by atoms with van der Waals surface area (Å²) in [6, 6.07) is 23.8. The third kappa shape index (κ3) is 5.77. The van der Waals surface area contributed by atoms with Crippen LogP contribution in [0.1, 0.15) is 41.5 Å². The topological polar surface area (TPSA) is 83.1 Å². The number of H-pyrrole nitrogens is 1. The van der Waals surface area contributed by atoms with Crippen LogP contribution in [0.4, 0.5) is 4.39 Å². The molecule has 0 aliphatic heterocycles. The molecule has 0 amide bonds. The third-order valence-electron chi connectivity index (χ3n) is 7.21. The lowest BCUT2D eigenvalue weighted by Crippen LogP contribution is -2.28. The Morgan fingerprint density at radius 2 is 1.69 bits per heavy atom. The van der Waals surface area contributed by atoms with Crippen molar-refractivity contribution in [2.75, 3.05) is 19.8 Å². The van der Waals surface area contributed by atoms with Crippen molar-refractivity contribution in [1.29, 1.82) is 0 Å². The smallest absolute Gasteiger partial charge is 0.221 e. The molecule has 1 saturated carbocycles. The fourth-order valence-corrected chi connectivity index (χ4v) is 5.53. The number of rotatable bonds is 9. The van der Waals surface area contributed by atoms with E-state index in [1.165, 1.54) is 32.2 Å². The van der Waals surface area contributed by atoms with Gasteiger partial charge >= 0.3 is 0 Å². The number of hydrogen-bond acceptors (Lipinski definition) is 4. The monoisotopic (exact) mass is 543 g/mol. The van der Waals surface area contributed by atoms with E-state index in [1.807, 2.05) is 60.7 Å². The summed E-state index contributed by atoms with van der Waals surface area (Å²) in [7, 11) is -0.803. The van der Waals surface area contributed by atoms with Crippen LogP contribution in [0.3, 0.4) is 0 Å². The van der Waals surface area contributed by atoms with Crippen molar-refractivity contribution >= 4 is 43.9 Å². The molecule has 1 fully saturated rings. The number of sulfonamides is 1. The number of carbonyl (C=O) groups is 1. The van der Waals surface area contributed by atoms with Crippen molar-refractivity contribution in [3.8, 4) is 0 Å². The molecule has 0 spiro atoms. The first-order chi connectivity index (χ1) is 18.7. The molecule has 200 valence electrons. The molecule has 0 atom stereocenters. The van der Waals surface area contributed by atoms with Crippen molar-refractivity contribution in [1.82, 2.24) is 14.5 Å². The predicted octanol–water partition coefficient (Wildman–Crippen LogP) is 5.93. The normalized spacial score (nSPS) is 15.1. The summed E-state index contributed by atoms with van der Waals surface area (Å²) in [6.45, 7) is 0. The van der Waals surface area contributed by atoms with E-state index < -0.39 is 27.5 Å². The minimum atomic E-state index is -3.61. The summed E-state index contributed by atoms with van der Waals surface area (Å²) < 4.78 is 39.5. The van der Waals surface area contributed by atoms with Crippen molar-refractivity contribution in [2.45, 2.75) is 19.3 Å². The number of benzene rings is 3. The summed E-state index contributed by atoms with van der Waals surface area (Å²) in [4.78, 5) is 12.2. The number of nitrogens with one attached hydrogen (secondary N) is 1. The van der Waals surface area contributed by atoms with Gasteiger partial charge in [0.1, 0.15) is 5.75 Å². The number of ketones is 1. The Labute approximate surface area is 227 Å². The molecular formula is C31H30FN3O3S. The Hall–Kier alpha value is -3.88. The molecule has 0 saturated heterocycles. The van der Waals surface area contributed by atoms with Gasteiger partial charge < -0.3 is 0 Å². The number of aromatic nitrogens is 2. The lowest BCUT2D eigenvalue weighted by Gasteiger charge is -2.31. The Bertz CT molecular complexity index is 1670. The Balaban J connectivity index is 1.57. The maximum atomic E-state index is 14.5. The van der Waals surface area contributed by atoms with Gasteiger partial charge in [-0.05, 0) is 70.4 Å². The summed E-state index contributed by atoms with van der Waals surface area (Å²) in [5.74, 6) is -1.13. The molecule has 8 heteroatoms. The van der Waals surface area contributed by atoms with Crippen molar-refractivity contribution in [3.63, 3.8) is 0 Å². The van der Waals surface area contributed by atoms with Gasteiger partial charge in [-0.3, -0.25) is 9.89 Å². The van der Waals surface area contributed by atoms with Crippen LogP contribution in [-0.4, -0.2) is 48.6 Å². The molecule has 39 heavy (non-hydrogen) atoms. The highest BCUT2D eigenvalue weighted by atomic mass is 32.2. The van der Waals surface area contributed by atoms with Crippen LogP contribution in [0.15, 0.2) is 78.9 Å². The van der Waals surface area contributed by atoms with Crippen molar-refractivity contribution in [2.24, 2.45) is 5.92 Å². The second kappa shape index (κ2) is 11.1. The molecule has 6 nitrogen and oxygen atoms in total. The third-order valence-corrected chi connectivity index (χ3v) is 8.97. The zero-order chi connectivity index (χ0) is 27.6. The van der Waals surface area contributed by atoms with E-state index in [1.54, 1.807) is 6.08 Å². The first-order valence-electron chi connectivity index (χ1n) is 12.9. The van der Waals surface area contributed by atoms with Gasteiger partial charge in [-0.1, -0.05) is 73.2 Å². The fraction of sp³-hybridized carbons (Fsp3) is 0.226. The van der Waals surface area contributed by atoms with Gasteiger partial charge in [-0.15, -0.1) is 0 Å². The molecule has 0 bridgehead atoms. The van der Waals surface area contributed by atoms with Crippen LogP contribution in [0.25, 0.3) is 28.1 Å². The first kappa shape index (κ1) is 26.7. The van der Waals surface area contributed by atoms with Crippen LogP contribution in [0.2, 0.25) is 0 Å². The highest BCUT2D eigenvalue weighted by Gasteiger charge is 2.27. The Kier molecular flexibility index (Phi) is 7.59. The number of carbonyl (C=O) groups excluding carboxylic acids is 1. The number of allylic oxidation sites excluding steroid dienone is 2. The van der Waals surface area contributed by atoms with Gasteiger partial charge in [0.2, 0.25) is 16.0 Å². The number of halogens is 1. The molecule has 1 N–H and O–H groups in total. The van der Waals surface area contributed by atoms with Crippen LogP contribution in [0.5, 0.6) is 0 Å². The summed E-state index contributed by atoms with van der Waals surface area (Å²) in [5.41, 5.74) is 6.64. The van der Waals surface area contributed by atoms with E-state index in [-0.39, 0.29) is 0 Å². The van der Waals surface area contributed by atoms with Gasteiger partial charge in [-0.25, -0.2) is 12.7 Å². The highest BCUT2D eigenvalue weighted by Crippen LogP contribution is 2.45. The standard InChI is InChI=1S/C31H30FN3O3S/c1-35(2)39(37,38)20-26(36)17-13-21-11-14-24(15-12-21)30(25-16-18-28-27(19-25)31(32)34-33-28)29(23-9-6-10-23)22-7-4-3-5-8-22/h3-5,7-8,11-19,23H,6,9-10,20H2,1-2H3,(H,33,34)/b17-13+,30-29-. The molecule has 1 aliphatic rings. The average Bonchev–Trinajstić information content (AvgIpc) is 3.27. The van der Waals surface area contributed by atoms with Gasteiger partial charge in [0, 0.05) is 14.1 Å². The average molecular weight is 544 g/mol. The quantitative estimate of drug-likeness (QED) is 0.209. The van der Waals surface area contributed by atoms with E-state index >= 15 is 0 Å². The molecule has 1 aliphatic carbocycles. The Morgan fingerprint density at radius 1 is 1.00 bits per heavy atom. The molecule has 0 unspecified atom stereocenters. The molecule has 4 aromatic rings. The fourth-order valence-electron chi connectivity index (χ4n) is 4.82. The lowest BCUT2D eigenvalue weighted by molar-refractivity contribution is -0.112. The zero-order valence-electron chi connectivity index (χ0n) is 21.9. The van der Waals surface area contributed by atoms with E-state index in [2.05, 4.69) is 22.3 Å². The number of fused-ring (bicyclic) bond motifs is 1. The second-order valence-corrected chi connectivity index (χ2v) is 12.2. The minimum Gasteiger partial charge on any atom is -0.294 e. The molecule has 1 aromatic heterocycles. The lowest BCUT2D eigenvalue weighted by atomic mass is 9.73. The van der Waals surface area contributed by atoms with E-state index in [0.29, 0.717) is 16.8 Å². The zero-order valence-corrected chi connectivity index (χ0v) is 22.7. The van der Waals surface area contributed by atoms with Crippen LogP contribution in [-0.2, 0) is 14.8 Å². The van der Waals surface area contributed by atoms with Crippen LogP contribution < -0.4 is 0 Å². The molecule has 5 rings (SSSR count). The molecule has 0 radical (unpaired) electrons. The van der Waals surface area contributed by atoms with Gasteiger partial charge in [-0.2, -0.15) is 9.49 Å². The number of hydrogen-bond donors (Lipinski definition) is 1. The maximum Gasteiger partial charge on any atom is 0.221 e. The summed E-state index contributed by atoms with van der Waals surface area (Å²) >= 11 is 0. The molecule has 1 heterocycles. The number of aromatic amines is 1. The second-order valence-electron chi connectivity index (χ2n) is 10.0. The largest absolute Gasteiger partial charge is 0.294 e. The van der Waals surface area contributed by atoms with Crippen LogP contribution in [0, 0.1) is 11.9 Å². The highest BCUT2D eigenvalue weighted by molar-refractivity contribution is 7.89. The van der Waals surface area contributed by atoms with E-state index in [9.17, 15) is 17.6 Å². The van der Waals surface area contributed by atoms with E-state index in [0.717, 1.165) is 45.0 Å². The van der Waals surface area contributed by atoms with Crippen LogP contribution >= 0.6 is 0 Å². The number of nitrogens with zero attached hydrogens (tertiary/aromatic N) is 2. The van der Waals surface area contributed by atoms with E-state index in [4.69, 9.17) is 0 Å². The summed E-state index contributed by atoms with van der Waals surface area (Å²) in [5, 5.41) is 6.92.